The summed E-state index contributed by atoms with van der Waals surface area (Å²) in [6.45, 7) is 3.41. The Bertz CT molecular complexity index is 311. The van der Waals surface area contributed by atoms with Crippen molar-refractivity contribution in [1.29, 1.82) is 0 Å². The third kappa shape index (κ3) is 3.36. The van der Waals surface area contributed by atoms with E-state index < -0.39 is 0 Å². The molecule has 0 fully saturated rings. The van der Waals surface area contributed by atoms with Crippen LogP contribution in [0.1, 0.15) is 25.3 Å². The van der Waals surface area contributed by atoms with E-state index >= 15 is 0 Å². The summed E-state index contributed by atoms with van der Waals surface area (Å²) in [5, 5.41) is 12.1. The van der Waals surface area contributed by atoms with Crippen LogP contribution in [0.15, 0.2) is 30.3 Å². The summed E-state index contributed by atoms with van der Waals surface area (Å²) in [5.41, 5.74) is 1.04. The summed E-state index contributed by atoms with van der Waals surface area (Å²) in [4.78, 5) is 10.9. The zero-order valence-electron chi connectivity index (χ0n) is 9.10. The zero-order chi connectivity index (χ0) is 11.3. The van der Waals surface area contributed by atoms with Gasteiger partial charge in [-0.15, -0.1) is 0 Å². The van der Waals surface area contributed by atoms with Gasteiger partial charge in [0.15, 0.2) is 0 Å². The molecule has 0 saturated carbocycles. The molecule has 1 aromatic carbocycles. The molecule has 82 valence electrons. The Morgan fingerprint density at radius 1 is 1.40 bits per heavy atom. The van der Waals surface area contributed by atoms with Crippen LogP contribution in [-0.4, -0.2) is 23.7 Å². The van der Waals surface area contributed by atoms with Crippen molar-refractivity contribution in [2.45, 2.75) is 25.8 Å². The summed E-state index contributed by atoms with van der Waals surface area (Å²) in [7, 11) is 0. The molecule has 2 atom stereocenters. The SMILES string of the molecule is CC(=O)N[C@H](C)[C@H](CO)c1ccccc1. The first-order chi connectivity index (χ1) is 7.15. The summed E-state index contributed by atoms with van der Waals surface area (Å²) in [6.07, 6.45) is 0. The van der Waals surface area contributed by atoms with Gasteiger partial charge in [-0.25, -0.2) is 0 Å². The van der Waals surface area contributed by atoms with Crippen LogP contribution < -0.4 is 5.32 Å². The van der Waals surface area contributed by atoms with Crippen molar-refractivity contribution in [2.24, 2.45) is 0 Å². The molecule has 0 heterocycles. The van der Waals surface area contributed by atoms with Gasteiger partial charge in [0.05, 0.1) is 6.61 Å². The van der Waals surface area contributed by atoms with Crippen LogP contribution in [-0.2, 0) is 4.79 Å². The molecule has 0 aliphatic heterocycles. The molecule has 2 N–H and O–H groups in total. The molecule has 0 aromatic heterocycles. The van der Waals surface area contributed by atoms with Crippen molar-refractivity contribution in [3.05, 3.63) is 35.9 Å². The molecule has 0 unspecified atom stereocenters. The van der Waals surface area contributed by atoms with Crippen molar-refractivity contribution in [1.82, 2.24) is 5.32 Å². The molecule has 0 saturated heterocycles. The normalized spacial score (nSPS) is 14.3. The van der Waals surface area contributed by atoms with Crippen LogP contribution in [0, 0.1) is 0 Å². The number of benzene rings is 1. The minimum absolute atomic E-state index is 0.0332. The number of nitrogens with one attached hydrogen (secondary N) is 1. The molecule has 0 aliphatic rings. The van der Waals surface area contributed by atoms with Gasteiger partial charge in [0.2, 0.25) is 5.91 Å². The Balaban J connectivity index is 2.75. The predicted molar refractivity (Wildman–Crippen MR) is 59.5 cm³/mol. The van der Waals surface area contributed by atoms with Crippen molar-refractivity contribution in [3.63, 3.8) is 0 Å². The van der Waals surface area contributed by atoms with Crippen LogP contribution in [0.5, 0.6) is 0 Å². The quantitative estimate of drug-likeness (QED) is 0.781. The van der Waals surface area contributed by atoms with Crippen LogP contribution >= 0.6 is 0 Å². The van der Waals surface area contributed by atoms with Gasteiger partial charge >= 0.3 is 0 Å². The average molecular weight is 207 g/mol. The Hall–Kier alpha value is -1.35. The van der Waals surface area contributed by atoms with E-state index in [9.17, 15) is 9.90 Å². The third-order valence-corrected chi connectivity index (χ3v) is 2.46. The molecule has 1 rings (SSSR count). The fourth-order valence-corrected chi connectivity index (χ4v) is 1.67. The Morgan fingerprint density at radius 3 is 2.47 bits per heavy atom. The minimum Gasteiger partial charge on any atom is -0.396 e. The molecule has 3 nitrogen and oxygen atoms in total. The number of amides is 1. The Morgan fingerprint density at radius 2 is 2.00 bits per heavy atom. The highest BCUT2D eigenvalue weighted by Crippen LogP contribution is 2.18. The van der Waals surface area contributed by atoms with E-state index in [0.717, 1.165) is 5.56 Å². The lowest BCUT2D eigenvalue weighted by Gasteiger charge is -2.22. The van der Waals surface area contributed by atoms with Gasteiger partial charge < -0.3 is 10.4 Å². The number of hydrogen-bond donors (Lipinski definition) is 2. The highest BCUT2D eigenvalue weighted by molar-refractivity contribution is 5.73. The fraction of sp³-hybridized carbons (Fsp3) is 0.417. The molecule has 3 heteroatoms. The maximum absolute atomic E-state index is 10.9. The van der Waals surface area contributed by atoms with Gasteiger partial charge in [-0.05, 0) is 12.5 Å². The van der Waals surface area contributed by atoms with E-state index in [1.165, 1.54) is 6.92 Å². The van der Waals surface area contributed by atoms with Gasteiger partial charge in [0.1, 0.15) is 0 Å². The number of carbonyl (C=O) groups excluding carboxylic acids is 1. The van der Waals surface area contributed by atoms with E-state index in [1.807, 2.05) is 37.3 Å². The topological polar surface area (TPSA) is 49.3 Å². The van der Waals surface area contributed by atoms with Crippen molar-refractivity contribution < 1.29 is 9.90 Å². The van der Waals surface area contributed by atoms with E-state index in [2.05, 4.69) is 5.32 Å². The van der Waals surface area contributed by atoms with E-state index in [4.69, 9.17) is 0 Å². The monoisotopic (exact) mass is 207 g/mol. The largest absolute Gasteiger partial charge is 0.396 e. The summed E-state index contributed by atoms with van der Waals surface area (Å²) in [5.74, 6) is -0.119. The summed E-state index contributed by atoms with van der Waals surface area (Å²) >= 11 is 0. The van der Waals surface area contributed by atoms with Gasteiger partial charge in [-0.3, -0.25) is 4.79 Å². The fourth-order valence-electron chi connectivity index (χ4n) is 1.67. The molecule has 0 spiro atoms. The maximum atomic E-state index is 10.9. The molecule has 0 radical (unpaired) electrons. The van der Waals surface area contributed by atoms with Crippen molar-refractivity contribution in [3.8, 4) is 0 Å². The molecule has 0 bridgehead atoms. The van der Waals surface area contributed by atoms with Crippen molar-refractivity contribution in [2.75, 3.05) is 6.61 Å². The lowest BCUT2D eigenvalue weighted by Crippen LogP contribution is -2.36. The first kappa shape index (κ1) is 11.7. The highest BCUT2D eigenvalue weighted by atomic mass is 16.3. The second kappa shape index (κ2) is 5.51. The van der Waals surface area contributed by atoms with Crippen LogP contribution in [0.2, 0.25) is 0 Å². The van der Waals surface area contributed by atoms with E-state index in [1.54, 1.807) is 0 Å². The smallest absolute Gasteiger partial charge is 0.217 e. The molecular formula is C12H17NO2. The zero-order valence-corrected chi connectivity index (χ0v) is 9.10. The Labute approximate surface area is 90.1 Å². The van der Waals surface area contributed by atoms with Crippen LogP contribution in [0.3, 0.4) is 0 Å². The van der Waals surface area contributed by atoms with E-state index in [0.29, 0.717) is 0 Å². The molecule has 1 amide bonds. The molecular weight excluding hydrogens is 190 g/mol. The lowest BCUT2D eigenvalue weighted by molar-refractivity contribution is -0.119. The number of hydrogen-bond acceptors (Lipinski definition) is 2. The van der Waals surface area contributed by atoms with Gasteiger partial charge in [-0.1, -0.05) is 30.3 Å². The predicted octanol–water partition coefficient (Wildman–Crippen LogP) is 1.29. The lowest BCUT2D eigenvalue weighted by atomic mass is 9.93. The number of aliphatic hydroxyl groups excluding tert-OH is 1. The van der Waals surface area contributed by atoms with Gasteiger partial charge in [0.25, 0.3) is 0 Å². The molecule has 15 heavy (non-hydrogen) atoms. The van der Waals surface area contributed by atoms with Crippen molar-refractivity contribution >= 4 is 5.91 Å². The first-order valence-electron chi connectivity index (χ1n) is 5.08. The van der Waals surface area contributed by atoms with Crippen LogP contribution in [0.4, 0.5) is 0 Å². The second-order valence-electron chi connectivity index (χ2n) is 3.69. The van der Waals surface area contributed by atoms with Gasteiger partial charge in [-0.2, -0.15) is 0 Å². The van der Waals surface area contributed by atoms with Crippen LogP contribution in [0.25, 0.3) is 0 Å². The number of carbonyl (C=O) groups is 1. The Kier molecular flexibility index (Phi) is 4.31. The number of rotatable bonds is 4. The molecule has 0 aliphatic carbocycles. The highest BCUT2D eigenvalue weighted by Gasteiger charge is 2.18. The van der Waals surface area contributed by atoms with Gasteiger partial charge in [0, 0.05) is 18.9 Å². The summed E-state index contributed by atoms with van der Waals surface area (Å²) in [6, 6.07) is 9.64. The molecule has 1 aromatic rings. The maximum Gasteiger partial charge on any atom is 0.217 e. The minimum atomic E-state index is -0.0723. The van der Waals surface area contributed by atoms with E-state index in [-0.39, 0.29) is 24.5 Å². The summed E-state index contributed by atoms with van der Waals surface area (Å²) < 4.78 is 0. The number of aliphatic hydroxyl groups is 1. The first-order valence-corrected chi connectivity index (χ1v) is 5.08. The third-order valence-electron chi connectivity index (χ3n) is 2.46. The average Bonchev–Trinajstić information content (AvgIpc) is 2.19. The standard InChI is InChI=1S/C12H17NO2/c1-9(13-10(2)15)12(8-14)11-6-4-3-5-7-11/h3-7,9,12,14H,8H2,1-2H3,(H,13,15)/t9-,12+/m1/s1. The second-order valence-corrected chi connectivity index (χ2v) is 3.69.